The highest BCUT2D eigenvalue weighted by Gasteiger charge is 2.20. The average Bonchev–Trinajstić information content (AvgIpc) is 2.90. The molecule has 10 N–H and O–H groups in total. The number of aryl methyl sites for hydroxylation is 1. The Balaban J connectivity index is 0.000000258. The molecule has 2 rings (SSSR count). The molecule has 0 bridgehead atoms. The third-order valence-electron chi connectivity index (χ3n) is 2.66. The van der Waals surface area contributed by atoms with Gasteiger partial charge in [0.1, 0.15) is 0 Å². The Bertz CT molecular complexity index is 437. The van der Waals surface area contributed by atoms with Gasteiger partial charge in [0.25, 0.3) is 5.91 Å². The number of nitrogens with one attached hydrogen (secondary N) is 4. The van der Waals surface area contributed by atoms with E-state index in [-0.39, 0.29) is 5.91 Å². The van der Waals surface area contributed by atoms with E-state index >= 15 is 0 Å². The minimum absolute atomic E-state index is 0.306. The summed E-state index contributed by atoms with van der Waals surface area (Å²) in [7, 11) is 0. The van der Waals surface area contributed by atoms with Crippen LogP contribution in [0.4, 0.5) is 4.79 Å². The topological polar surface area (TPSA) is 177 Å². The molecule has 0 unspecified atom stereocenters. The lowest BCUT2D eigenvalue weighted by molar-refractivity contribution is 0.0947. The SMILES string of the molecule is NNC(=O)NN.NNC(=O)c1n[nH]c2c1CCCC2. The van der Waals surface area contributed by atoms with Crippen molar-refractivity contribution >= 4 is 11.9 Å². The van der Waals surface area contributed by atoms with Gasteiger partial charge in [-0.25, -0.2) is 22.3 Å². The summed E-state index contributed by atoms with van der Waals surface area (Å²) in [6, 6.07) is -0.602. The fraction of sp³-hybridized carbons (Fsp3) is 0.444. The maximum Gasteiger partial charge on any atom is 0.343 e. The first-order chi connectivity index (χ1) is 9.13. The normalized spacial score (nSPS) is 12.6. The van der Waals surface area contributed by atoms with Crippen molar-refractivity contribution < 1.29 is 9.59 Å². The molecule has 0 atom stereocenters. The van der Waals surface area contributed by atoms with Crippen LogP contribution in [0.25, 0.3) is 0 Å². The summed E-state index contributed by atoms with van der Waals surface area (Å²) in [6.45, 7) is 0. The average molecular weight is 270 g/mol. The quantitative estimate of drug-likeness (QED) is 0.175. The molecule has 0 saturated carbocycles. The van der Waals surface area contributed by atoms with Crippen molar-refractivity contribution in [1.82, 2.24) is 26.5 Å². The molecular weight excluding hydrogens is 252 g/mol. The number of aromatic nitrogens is 2. The third kappa shape index (κ3) is 3.91. The molecule has 1 aromatic rings. The van der Waals surface area contributed by atoms with E-state index < -0.39 is 6.03 Å². The molecule has 0 saturated heterocycles. The van der Waals surface area contributed by atoms with Gasteiger partial charge in [0, 0.05) is 11.3 Å². The molecule has 0 spiro atoms. The van der Waals surface area contributed by atoms with Gasteiger partial charge >= 0.3 is 6.03 Å². The van der Waals surface area contributed by atoms with E-state index in [0.29, 0.717) is 5.69 Å². The molecule has 19 heavy (non-hydrogen) atoms. The third-order valence-corrected chi connectivity index (χ3v) is 2.66. The minimum atomic E-state index is -0.602. The molecule has 106 valence electrons. The second-order valence-electron chi connectivity index (χ2n) is 3.83. The van der Waals surface area contributed by atoms with Crippen LogP contribution in [0, 0.1) is 0 Å². The summed E-state index contributed by atoms with van der Waals surface area (Å²) in [5.74, 6) is 13.8. The largest absolute Gasteiger partial charge is 0.343 e. The lowest BCUT2D eigenvalue weighted by atomic mass is 9.96. The Morgan fingerprint density at radius 1 is 1.05 bits per heavy atom. The van der Waals surface area contributed by atoms with Gasteiger partial charge in [-0.15, -0.1) is 0 Å². The molecule has 1 aliphatic carbocycles. The number of urea groups is 1. The van der Waals surface area contributed by atoms with Crippen LogP contribution >= 0.6 is 0 Å². The van der Waals surface area contributed by atoms with Gasteiger partial charge in [-0.2, -0.15) is 5.10 Å². The molecule has 0 radical (unpaired) electrons. The maximum absolute atomic E-state index is 11.2. The Labute approximate surface area is 109 Å². The van der Waals surface area contributed by atoms with Gasteiger partial charge in [-0.3, -0.25) is 26.2 Å². The molecule has 1 aromatic heterocycles. The van der Waals surface area contributed by atoms with Crippen molar-refractivity contribution in [1.29, 1.82) is 0 Å². The van der Waals surface area contributed by atoms with Gasteiger partial charge in [0.2, 0.25) is 0 Å². The lowest BCUT2D eigenvalue weighted by Crippen LogP contribution is -2.43. The van der Waals surface area contributed by atoms with Crippen molar-refractivity contribution in [2.45, 2.75) is 25.7 Å². The predicted molar refractivity (Wildman–Crippen MR) is 66.9 cm³/mol. The second kappa shape index (κ2) is 7.31. The highest BCUT2D eigenvalue weighted by atomic mass is 16.2. The number of fused-ring (bicyclic) bond motifs is 1. The van der Waals surface area contributed by atoms with Crippen LogP contribution in [0.3, 0.4) is 0 Å². The van der Waals surface area contributed by atoms with Crippen molar-refractivity contribution in [2.24, 2.45) is 17.5 Å². The first-order valence-electron chi connectivity index (χ1n) is 5.68. The van der Waals surface area contributed by atoms with Crippen molar-refractivity contribution in [3.05, 3.63) is 17.0 Å². The van der Waals surface area contributed by atoms with E-state index in [1.807, 2.05) is 0 Å². The molecule has 10 heteroatoms. The van der Waals surface area contributed by atoms with Gasteiger partial charge in [0.05, 0.1) is 0 Å². The molecule has 0 aliphatic heterocycles. The summed E-state index contributed by atoms with van der Waals surface area (Å²) in [6.07, 6.45) is 4.20. The lowest BCUT2D eigenvalue weighted by Gasteiger charge is -2.10. The van der Waals surface area contributed by atoms with E-state index in [2.05, 4.69) is 27.3 Å². The Morgan fingerprint density at radius 3 is 2.21 bits per heavy atom. The van der Waals surface area contributed by atoms with Crippen molar-refractivity contribution in [3.8, 4) is 0 Å². The van der Waals surface area contributed by atoms with Crippen LogP contribution in [0.2, 0.25) is 0 Å². The first kappa shape index (κ1) is 14.9. The number of hydrogen-bond acceptors (Lipinski definition) is 6. The first-order valence-corrected chi connectivity index (χ1v) is 5.68. The van der Waals surface area contributed by atoms with Gasteiger partial charge in [-0.1, -0.05) is 0 Å². The molecule has 0 aromatic carbocycles. The molecular formula is C9H18N8O2. The van der Waals surface area contributed by atoms with E-state index in [4.69, 9.17) is 5.84 Å². The zero-order chi connectivity index (χ0) is 14.3. The Kier molecular flexibility index (Phi) is 5.73. The van der Waals surface area contributed by atoms with Crippen LogP contribution in [-0.4, -0.2) is 22.1 Å². The molecule has 3 amide bonds. The van der Waals surface area contributed by atoms with Crippen LogP contribution in [0.15, 0.2) is 0 Å². The Hall–Kier alpha value is -2.17. The molecule has 10 nitrogen and oxygen atoms in total. The number of aromatic amines is 1. The standard InChI is InChI=1S/C8H12N4O.CH6N4O/c9-10-8(13)7-5-3-1-2-4-6(5)11-12-7;2-4-1(6)5-3/h1-4,9H2,(H,10,13)(H,11,12);2-3H2,(H2,4,5,6). The predicted octanol–water partition coefficient (Wildman–Crippen LogP) is -2.07. The van der Waals surface area contributed by atoms with Crippen molar-refractivity contribution in [3.63, 3.8) is 0 Å². The number of H-pyrrole nitrogens is 1. The minimum Gasteiger partial charge on any atom is -0.289 e. The Morgan fingerprint density at radius 2 is 1.68 bits per heavy atom. The second-order valence-corrected chi connectivity index (χ2v) is 3.83. The zero-order valence-corrected chi connectivity index (χ0v) is 10.3. The number of hydrogen-bond donors (Lipinski definition) is 7. The summed E-state index contributed by atoms with van der Waals surface area (Å²) >= 11 is 0. The summed E-state index contributed by atoms with van der Waals surface area (Å²) < 4.78 is 0. The van der Waals surface area contributed by atoms with E-state index in [1.54, 1.807) is 10.9 Å². The van der Waals surface area contributed by atoms with Gasteiger partial charge in [-0.05, 0) is 25.7 Å². The number of amides is 3. The summed E-state index contributed by atoms with van der Waals surface area (Å²) in [4.78, 5) is 20.9. The van der Waals surface area contributed by atoms with Crippen LogP contribution in [0.5, 0.6) is 0 Å². The maximum atomic E-state index is 11.2. The number of carbonyl (C=O) groups excluding carboxylic acids is 2. The highest BCUT2D eigenvalue weighted by Crippen LogP contribution is 2.21. The summed E-state index contributed by atoms with van der Waals surface area (Å²) in [5, 5.41) is 6.83. The number of nitrogens with two attached hydrogens (primary N) is 3. The molecule has 0 fully saturated rings. The fourth-order valence-corrected chi connectivity index (χ4v) is 1.78. The van der Waals surface area contributed by atoms with Gasteiger partial charge in [0.15, 0.2) is 5.69 Å². The number of nitrogen functional groups attached to an aromatic ring is 1. The molecule has 1 aliphatic rings. The monoisotopic (exact) mass is 270 g/mol. The number of rotatable bonds is 1. The van der Waals surface area contributed by atoms with Crippen LogP contribution < -0.4 is 33.8 Å². The van der Waals surface area contributed by atoms with E-state index in [1.165, 1.54) is 6.42 Å². The smallest absolute Gasteiger partial charge is 0.289 e. The van der Waals surface area contributed by atoms with E-state index in [9.17, 15) is 9.59 Å². The highest BCUT2D eigenvalue weighted by molar-refractivity contribution is 5.93. The fourth-order valence-electron chi connectivity index (χ4n) is 1.78. The van der Waals surface area contributed by atoms with Crippen molar-refractivity contribution in [2.75, 3.05) is 0 Å². The van der Waals surface area contributed by atoms with Gasteiger partial charge < -0.3 is 0 Å². The van der Waals surface area contributed by atoms with Crippen LogP contribution in [0.1, 0.15) is 34.6 Å². The summed E-state index contributed by atoms with van der Waals surface area (Å²) in [5.41, 5.74) is 8.16. The zero-order valence-electron chi connectivity index (χ0n) is 10.3. The number of hydrazine groups is 3. The molecule has 1 heterocycles. The van der Waals surface area contributed by atoms with E-state index in [0.717, 1.165) is 30.5 Å². The number of carbonyl (C=O) groups is 2. The number of nitrogens with zero attached hydrogens (tertiary/aromatic N) is 1. The van der Waals surface area contributed by atoms with Crippen LogP contribution in [-0.2, 0) is 12.8 Å².